The fourth-order valence-electron chi connectivity index (χ4n) is 2.47. The number of rotatable bonds is 8. The molecule has 1 atom stereocenters. The maximum atomic E-state index is 12.0. The molecule has 0 aliphatic rings. The van der Waals surface area contributed by atoms with E-state index in [2.05, 4.69) is 46.7 Å². The van der Waals surface area contributed by atoms with Crippen LogP contribution in [0.4, 0.5) is 4.79 Å². The molecule has 0 fully saturated rings. The number of alkyl carbamates (subject to hydrolysis) is 1. The van der Waals surface area contributed by atoms with Crippen LogP contribution in [0.2, 0.25) is 0 Å². The molecule has 26 heavy (non-hydrogen) atoms. The minimum absolute atomic E-state index is 0.0990. The van der Waals surface area contributed by atoms with Gasteiger partial charge in [-0.3, -0.25) is 4.79 Å². The van der Waals surface area contributed by atoms with Gasteiger partial charge in [-0.25, -0.2) is 4.79 Å². The number of hydrogen-bond donors (Lipinski definition) is 2. The Morgan fingerprint density at radius 1 is 1.12 bits per heavy atom. The second-order valence-electron chi connectivity index (χ2n) is 7.56. The highest BCUT2D eigenvalue weighted by molar-refractivity contribution is 5.77. The van der Waals surface area contributed by atoms with E-state index in [0.29, 0.717) is 6.54 Å². The van der Waals surface area contributed by atoms with Gasteiger partial charge in [0.1, 0.15) is 5.60 Å². The highest BCUT2D eigenvalue weighted by Gasteiger charge is 2.17. The zero-order chi connectivity index (χ0) is 19.7. The largest absolute Gasteiger partial charge is 0.444 e. The molecule has 2 amide bonds. The molecule has 1 rings (SSSR count). The second-order valence-corrected chi connectivity index (χ2v) is 7.56. The Morgan fingerprint density at radius 3 is 2.23 bits per heavy atom. The summed E-state index contributed by atoms with van der Waals surface area (Å²) in [7, 11) is 3.99. The molecule has 1 aromatic carbocycles. The van der Waals surface area contributed by atoms with Crippen LogP contribution in [0.5, 0.6) is 0 Å². The van der Waals surface area contributed by atoms with E-state index in [9.17, 15) is 9.59 Å². The third-order valence-electron chi connectivity index (χ3n) is 3.91. The third-order valence-corrected chi connectivity index (χ3v) is 3.91. The van der Waals surface area contributed by atoms with E-state index in [-0.39, 0.29) is 24.9 Å². The summed E-state index contributed by atoms with van der Waals surface area (Å²) in [6.07, 6.45) is 0.718. The quantitative estimate of drug-likeness (QED) is 0.745. The minimum atomic E-state index is -0.543. The lowest BCUT2D eigenvalue weighted by atomic mass is 10.0. The Morgan fingerprint density at radius 2 is 1.73 bits per heavy atom. The number of benzene rings is 1. The van der Waals surface area contributed by atoms with Gasteiger partial charge in [0, 0.05) is 19.5 Å². The van der Waals surface area contributed by atoms with E-state index in [1.54, 1.807) is 20.8 Å². The molecule has 0 aromatic heterocycles. The van der Waals surface area contributed by atoms with Crippen LogP contribution in [0.25, 0.3) is 0 Å². The molecule has 6 heteroatoms. The average Bonchev–Trinajstić information content (AvgIpc) is 2.53. The molecule has 0 aliphatic heterocycles. The highest BCUT2D eigenvalue weighted by Crippen LogP contribution is 2.18. The predicted octanol–water partition coefficient (Wildman–Crippen LogP) is 2.88. The Balaban J connectivity index is 2.43. The zero-order valence-corrected chi connectivity index (χ0v) is 16.9. The summed E-state index contributed by atoms with van der Waals surface area (Å²) in [5, 5.41) is 5.53. The summed E-state index contributed by atoms with van der Waals surface area (Å²) < 4.78 is 5.14. The van der Waals surface area contributed by atoms with Crippen molar-refractivity contribution in [2.75, 3.05) is 27.2 Å². The van der Waals surface area contributed by atoms with Gasteiger partial charge in [0.15, 0.2) is 0 Å². The Bertz CT molecular complexity index is 577. The molecular formula is C20H33N3O3. The normalized spacial score (nSPS) is 12.6. The molecule has 1 unspecified atom stereocenters. The summed E-state index contributed by atoms with van der Waals surface area (Å²) in [5.74, 6) is -0.0990. The number of hydrogen-bond acceptors (Lipinski definition) is 4. The van der Waals surface area contributed by atoms with E-state index >= 15 is 0 Å². The smallest absolute Gasteiger partial charge is 0.407 e. The van der Waals surface area contributed by atoms with Crippen molar-refractivity contribution in [2.45, 2.75) is 52.2 Å². The first kappa shape index (κ1) is 22.0. The number of nitrogens with one attached hydrogen (secondary N) is 2. The van der Waals surface area contributed by atoms with Gasteiger partial charge in [-0.15, -0.1) is 0 Å². The average molecular weight is 364 g/mol. The summed E-state index contributed by atoms with van der Waals surface area (Å²) in [5.41, 5.74) is 1.92. The van der Waals surface area contributed by atoms with Crippen molar-refractivity contribution in [1.82, 2.24) is 15.5 Å². The molecule has 1 aromatic rings. The predicted molar refractivity (Wildman–Crippen MR) is 104 cm³/mol. The molecule has 6 nitrogen and oxygen atoms in total. The molecule has 0 bridgehead atoms. The van der Waals surface area contributed by atoms with Gasteiger partial charge in [0.25, 0.3) is 0 Å². The van der Waals surface area contributed by atoms with Gasteiger partial charge >= 0.3 is 6.09 Å². The van der Waals surface area contributed by atoms with Crippen LogP contribution in [0.15, 0.2) is 24.3 Å². The van der Waals surface area contributed by atoms with Crippen LogP contribution in [-0.2, 0) is 16.0 Å². The zero-order valence-electron chi connectivity index (χ0n) is 16.9. The minimum Gasteiger partial charge on any atom is -0.444 e. The van der Waals surface area contributed by atoms with Crippen molar-refractivity contribution in [3.05, 3.63) is 35.4 Å². The van der Waals surface area contributed by atoms with Crippen molar-refractivity contribution < 1.29 is 14.3 Å². The molecule has 2 N–H and O–H groups in total. The standard InChI is InChI=1S/C20H33N3O3/c1-7-15-8-10-16(11-9-15)17(23(5)6)14-22-18(24)12-13-21-19(25)26-20(2,3)4/h8-11,17H,7,12-14H2,1-6H3,(H,21,25)(H,22,24). The first-order valence-corrected chi connectivity index (χ1v) is 9.11. The number of aryl methyl sites for hydroxylation is 1. The van der Waals surface area contributed by atoms with Crippen LogP contribution in [0.1, 0.15) is 51.3 Å². The van der Waals surface area contributed by atoms with Crippen molar-refractivity contribution in [3.63, 3.8) is 0 Å². The van der Waals surface area contributed by atoms with Crippen LogP contribution in [0, 0.1) is 0 Å². The Labute approximate surface area is 157 Å². The lowest BCUT2D eigenvalue weighted by molar-refractivity contribution is -0.121. The number of nitrogens with zero attached hydrogens (tertiary/aromatic N) is 1. The fourth-order valence-corrected chi connectivity index (χ4v) is 2.47. The van der Waals surface area contributed by atoms with Crippen LogP contribution in [0.3, 0.4) is 0 Å². The van der Waals surface area contributed by atoms with Crippen LogP contribution in [-0.4, -0.2) is 49.7 Å². The molecule has 0 saturated carbocycles. The second kappa shape index (κ2) is 10.2. The molecule has 0 saturated heterocycles. The van der Waals surface area contributed by atoms with E-state index in [4.69, 9.17) is 4.74 Å². The maximum Gasteiger partial charge on any atom is 0.407 e. The van der Waals surface area contributed by atoms with Gasteiger partial charge < -0.3 is 20.3 Å². The topological polar surface area (TPSA) is 70.7 Å². The van der Waals surface area contributed by atoms with Crippen LogP contribution >= 0.6 is 0 Å². The van der Waals surface area contributed by atoms with Gasteiger partial charge in [-0.1, -0.05) is 31.2 Å². The van der Waals surface area contributed by atoms with Gasteiger partial charge in [0.05, 0.1) is 6.04 Å². The van der Waals surface area contributed by atoms with Gasteiger partial charge in [-0.2, -0.15) is 0 Å². The van der Waals surface area contributed by atoms with E-state index in [1.165, 1.54) is 11.1 Å². The number of amides is 2. The SMILES string of the molecule is CCc1ccc(C(CNC(=O)CCNC(=O)OC(C)(C)C)N(C)C)cc1. The first-order valence-electron chi connectivity index (χ1n) is 9.11. The lowest BCUT2D eigenvalue weighted by Gasteiger charge is -2.25. The summed E-state index contributed by atoms with van der Waals surface area (Å²) in [4.78, 5) is 25.7. The Hall–Kier alpha value is -2.08. The van der Waals surface area contributed by atoms with Crippen molar-refractivity contribution in [2.24, 2.45) is 0 Å². The number of likely N-dealkylation sites (N-methyl/N-ethyl adjacent to an activating group) is 1. The third kappa shape index (κ3) is 8.34. The number of carbonyl (C=O) groups excluding carboxylic acids is 2. The first-order chi connectivity index (χ1) is 12.1. The molecule has 146 valence electrons. The molecule has 0 heterocycles. The molecular weight excluding hydrogens is 330 g/mol. The number of carbonyl (C=O) groups is 2. The lowest BCUT2D eigenvalue weighted by Crippen LogP contribution is -2.37. The van der Waals surface area contributed by atoms with Gasteiger partial charge in [-0.05, 0) is 52.4 Å². The molecule has 0 radical (unpaired) electrons. The van der Waals surface area contributed by atoms with E-state index < -0.39 is 11.7 Å². The van der Waals surface area contributed by atoms with Crippen LogP contribution < -0.4 is 10.6 Å². The fraction of sp³-hybridized carbons (Fsp3) is 0.600. The van der Waals surface area contributed by atoms with Crippen molar-refractivity contribution in [1.29, 1.82) is 0 Å². The summed E-state index contributed by atoms with van der Waals surface area (Å²) in [6, 6.07) is 8.57. The maximum absolute atomic E-state index is 12.0. The highest BCUT2D eigenvalue weighted by atomic mass is 16.6. The molecule has 0 spiro atoms. The van der Waals surface area contributed by atoms with Gasteiger partial charge in [0.2, 0.25) is 5.91 Å². The summed E-state index contributed by atoms with van der Waals surface area (Å²) in [6.45, 7) is 8.29. The van der Waals surface area contributed by atoms with Crippen molar-refractivity contribution in [3.8, 4) is 0 Å². The monoisotopic (exact) mass is 363 g/mol. The Kier molecular flexibility index (Phi) is 8.58. The van der Waals surface area contributed by atoms with E-state index in [1.807, 2.05) is 14.1 Å². The van der Waals surface area contributed by atoms with Crippen molar-refractivity contribution >= 4 is 12.0 Å². The molecule has 0 aliphatic carbocycles. The van der Waals surface area contributed by atoms with E-state index in [0.717, 1.165) is 6.42 Å². The summed E-state index contributed by atoms with van der Waals surface area (Å²) >= 11 is 0. The number of ether oxygens (including phenoxy) is 1.